The van der Waals surface area contributed by atoms with Crippen molar-refractivity contribution >= 4 is 16.9 Å². The van der Waals surface area contributed by atoms with Crippen molar-refractivity contribution in [2.24, 2.45) is 0 Å². The van der Waals surface area contributed by atoms with Crippen LogP contribution in [0.25, 0.3) is 16.5 Å². The minimum atomic E-state index is -1.15. The predicted molar refractivity (Wildman–Crippen MR) is 98.2 cm³/mol. The number of benzene rings is 2. The van der Waals surface area contributed by atoms with E-state index in [-0.39, 0.29) is 11.3 Å². The molecule has 6 nitrogen and oxygen atoms in total. The van der Waals surface area contributed by atoms with Gasteiger partial charge in [-0.3, -0.25) is 9.36 Å². The Hall–Kier alpha value is -3.28. The van der Waals surface area contributed by atoms with Crippen LogP contribution in [0, 0.1) is 0 Å². The molecular weight excluding hydrogens is 332 g/mol. The maximum absolute atomic E-state index is 13.3. The maximum Gasteiger partial charge on any atom is 0.405 e. The smallest absolute Gasteiger partial charge is 0.405 e. The third-order valence-corrected chi connectivity index (χ3v) is 4.95. The predicted octanol–water partition coefficient (Wildman–Crippen LogP) is 3.12. The molecule has 0 saturated heterocycles. The highest BCUT2D eigenvalue weighted by atomic mass is 16.4. The summed E-state index contributed by atoms with van der Waals surface area (Å²) in [7, 11) is 0. The second-order valence-corrected chi connectivity index (χ2v) is 6.50. The number of rotatable bonds is 3. The molecule has 0 saturated carbocycles. The van der Waals surface area contributed by atoms with Gasteiger partial charge in [-0.25, -0.2) is 4.79 Å². The zero-order valence-corrected chi connectivity index (χ0v) is 14.2. The third kappa shape index (κ3) is 2.34. The van der Waals surface area contributed by atoms with Gasteiger partial charge in [0.05, 0.1) is 17.1 Å². The largest absolute Gasteiger partial charge is 0.507 e. The Kier molecular flexibility index (Phi) is 3.68. The van der Waals surface area contributed by atoms with Crippen LogP contribution in [0.15, 0.2) is 47.3 Å². The van der Waals surface area contributed by atoms with Crippen LogP contribution in [0.5, 0.6) is 5.75 Å². The number of pyridine rings is 1. The number of aromatic hydroxyl groups is 1. The summed E-state index contributed by atoms with van der Waals surface area (Å²) < 4.78 is 1.52. The van der Waals surface area contributed by atoms with E-state index >= 15 is 0 Å². The van der Waals surface area contributed by atoms with Gasteiger partial charge in [0.25, 0.3) is 5.56 Å². The standard InChI is InChI=1S/C20H18N2O4/c1-11(21-20(25)26)18-14-9-7-12-8-10-15(23)17(16(12)14)19(24)22(18)13-5-3-2-4-6-13/h2-6,8,10-11,21,23H,7,9H2,1H3,(H,25,26). The summed E-state index contributed by atoms with van der Waals surface area (Å²) in [5, 5.41) is 23.0. The minimum Gasteiger partial charge on any atom is -0.507 e. The molecule has 1 heterocycles. The van der Waals surface area contributed by atoms with Gasteiger partial charge in [-0.1, -0.05) is 24.3 Å². The Morgan fingerprint density at radius 3 is 2.54 bits per heavy atom. The van der Waals surface area contributed by atoms with E-state index in [4.69, 9.17) is 0 Å². The number of carboxylic acid groups (broad SMARTS) is 1. The first-order chi connectivity index (χ1) is 12.5. The number of hydrogen-bond acceptors (Lipinski definition) is 3. The highest BCUT2D eigenvalue weighted by molar-refractivity contribution is 5.95. The highest BCUT2D eigenvalue weighted by Crippen LogP contribution is 2.38. The van der Waals surface area contributed by atoms with Gasteiger partial charge < -0.3 is 15.5 Å². The van der Waals surface area contributed by atoms with Crippen molar-refractivity contribution in [2.45, 2.75) is 25.8 Å². The summed E-state index contributed by atoms with van der Waals surface area (Å²) in [6.07, 6.45) is 0.312. The number of phenolic OH excluding ortho intramolecular Hbond substituents is 1. The summed E-state index contributed by atoms with van der Waals surface area (Å²) in [5.74, 6) is -0.0491. The van der Waals surface area contributed by atoms with Crippen LogP contribution >= 0.6 is 0 Å². The molecule has 1 aliphatic carbocycles. The highest BCUT2D eigenvalue weighted by Gasteiger charge is 2.28. The van der Waals surface area contributed by atoms with Crippen molar-refractivity contribution in [1.29, 1.82) is 0 Å². The summed E-state index contributed by atoms with van der Waals surface area (Å²) in [6, 6.07) is 11.9. The van der Waals surface area contributed by atoms with Gasteiger partial charge in [0.1, 0.15) is 5.75 Å². The molecule has 1 aliphatic rings. The minimum absolute atomic E-state index is 0.0491. The van der Waals surface area contributed by atoms with Crippen LogP contribution in [-0.2, 0) is 12.8 Å². The molecule has 1 unspecified atom stereocenters. The quantitative estimate of drug-likeness (QED) is 0.677. The van der Waals surface area contributed by atoms with E-state index in [9.17, 15) is 19.8 Å². The zero-order chi connectivity index (χ0) is 18.4. The number of aryl methyl sites for hydroxylation is 2. The maximum atomic E-state index is 13.3. The molecule has 1 atom stereocenters. The number of aromatic nitrogens is 1. The Balaban J connectivity index is 2.15. The average molecular weight is 350 g/mol. The molecule has 0 radical (unpaired) electrons. The molecule has 6 heteroatoms. The first-order valence-electron chi connectivity index (χ1n) is 8.46. The van der Waals surface area contributed by atoms with Crippen molar-refractivity contribution in [1.82, 2.24) is 9.88 Å². The van der Waals surface area contributed by atoms with Crippen molar-refractivity contribution in [3.63, 3.8) is 0 Å². The normalized spacial score (nSPS) is 13.7. The fourth-order valence-corrected chi connectivity index (χ4v) is 3.94. The van der Waals surface area contributed by atoms with Gasteiger partial charge in [-0.2, -0.15) is 0 Å². The summed E-state index contributed by atoms with van der Waals surface area (Å²) in [4.78, 5) is 24.5. The van der Waals surface area contributed by atoms with E-state index in [2.05, 4.69) is 5.32 Å². The van der Waals surface area contributed by atoms with Crippen molar-refractivity contribution < 1.29 is 15.0 Å². The molecule has 3 aromatic rings. The lowest BCUT2D eigenvalue weighted by molar-refractivity contribution is 0.190. The Bertz CT molecular complexity index is 1090. The third-order valence-electron chi connectivity index (χ3n) is 4.95. The van der Waals surface area contributed by atoms with Gasteiger partial charge in [0.15, 0.2) is 0 Å². The fraction of sp³-hybridized carbons (Fsp3) is 0.200. The molecule has 0 bridgehead atoms. The molecule has 2 aromatic carbocycles. The van der Waals surface area contributed by atoms with Crippen LogP contribution in [0.1, 0.15) is 29.8 Å². The number of amides is 1. The van der Waals surface area contributed by atoms with Crippen molar-refractivity contribution in [3.8, 4) is 11.4 Å². The molecule has 26 heavy (non-hydrogen) atoms. The van der Waals surface area contributed by atoms with Crippen molar-refractivity contribution in [3.05, 3.63) is 69.6 Å². The molecule has 0 spiro atoms. The summed E-state index contributed by atoms with van der Waals surface area (Å²) in [5.41, 5.74) is 2.84. The summed E-state index contributed by atoms with van der Waals surface area (Å²) >= 11 is 0. The van der Waals surface area contributed by atoms with E-state index in [1.165, 1.54) is 4.57 Å². The van der Waals surface area contributed by atoms with E-state index in [0.29, 0.717) is 23.2 Å². The van der Waals surface area contributed by atoms with Crippen LogP contribution in [0.3, 0.4) is 0 Å². The lowest BCUT2D eigenvalue weighted by atomic mass is 10.00. The van der Waals surface area contributed by atoms with Gasteiger partial charge in [0.2, 0.25) is 0 Å². The van der Waals surface area contributed by atoms with E-state index in [1.807, 2.05) is 24.3 Å². The number of nitrogens with one attached hydrogen (secondary N) is 1. The number of para-hydroxylation sites is 1. The Morgan fingerprint density at radius 2 is 1.85 bits per heavy atom. The topological polar surface area (TPSA) is 91.6 Å². The van der Waals surface area contributed by atoms with E-state index in [0.717, 1.165) is 22.9 Å². The molecule has 1 amide bonds. The molecule has 1 aromatic heterocycles. The monoisotopic (exact) mass is 350 g/mol. The number of carbonyl (C=O) groups is 1. The second kappa shape index (κ2) is 5.91. The lowest BCUT2D eigenvalue weighted by Crippen LogP contribution is -2.32. The first-order valence-corrected chi connectivity index (χ1v) is 8.46. The Morgan fingerprint density at radius 1 is 1.12 bits per heavy atom. The lowest BCUT2D eigenvalue weighted by Gasteiger charge is -2.23. The van der Waals surface area contributed by atoms with Crippen molar-refractivity contribution in [2.75, 3.05) is 0 Å². The molecule has 132 valence electrons. The van der Waals surface area contributed by atoms with E-state index in [1.54, 1.807) is 25.1 Å². The Labute approximate surface area is 149 Å². The second-order valence-electron chi connectivity index (χ2n) is 6.50. The van der Waals surface area contributed by atoms with Gasteiger partial charge in [-0.05, 0) is 54.5 Å². The first kappa shape index (κ1) is 16.2. The van der Waals surface area contributed by atoms with Crippen LogP contribution in [0.4, 0.5) is 4.79 Å². The molecule has 0 aliphatic heterocycles. The fourth-order valence-electron chi connectivity index (χ4n) is 3.94. The van der Waals surface area contributed by atoms with Gasteiger partial charge >= 0.3 is 6.09 Å². The van der Waals surface area contributed by atoms with Crippen LogP contribution in [-0.4, -0.2) is 20.9 Å². The van der Waals surface area contributed by atoms with Crippen LogP contribution in [0.2, 0.25) is 0 Å². The molecular formula is C20H18N2O4. The number of phenols is 1. The SMILES string of the molecule is CC(NC(=O)O)c1c2c3c(ccc(O)c3c(=O)n1-c1ccccc1)CC2. The van der Waals surface area contributed by atoms with Gasteiger partial charge in [-0.15, -0.1) is 0 Å². The zero-order valence-electron chi connectivity index (χ0n) is 14.2. The molecule has 4 rings (SSSR count). The molecule has 3 N–H and O–H groups in total. The number of hydrogen-bond donors (Lipinski definition) is 3. The summed E-state index contributed by atoms with van der Waals surface area (Å²) in [6.45, 7) is 1.73. The molecule has 0 fully saturated rings. The number of nitrogens with zero attached hydrogens (tertiary/aromatic N) is 1. The van der Waals surface area contributed by atoms with Crippen LogP contribution < -0.4 is 10.9 Å². The average Bonchev–Trinajstić information content (AvgIpc) is 3.03. The van der Waals surface area contributed by atoms with Gasteiger partial charge in [0, 0.05) is 5.69 Å². The van der Waals surface area contributed by atoms with E-state index < -0.39 is 12.1 Å².